The summed E-state index contributed by atoms with van der Waals surface area (Å²) in [4.78, 5) is 3.71. The highest BCUT2D eigenvalue weighted by molar-refractivity contribution is 5.72. The minimum atomic E-state index is 0.556. The number of ether oxygens (including phenoxy) is 1. The van der Waals surface area contributed by atoms with Crippen LogP contribution in [0.25, 0.3) is 0 Å². The zero-order valence-corrected chi connectivity index (χ0v) is 4.86. The molecule has 0 aromatic heterocycles. The average molecular weight is 102 g/mol. The van der Waals surface area contributed by atoms with Crippen molar-refractivity contribution in [1.82, 2.24) is 5.32 Å². The van der Waals surface area contributed by atoms with Gasteiger partial charge in [-0.15, -0.1) is 0 Å². The van der Waals surface area contributed by atoms with Crippen molar-refractivity contribution in [2.24, 2.45) is 4.99 Å². The van der Waals surface area contributed by atoms with E-state index in [-0.39, 0.29) is 0 Å². The van der Waals surface area contributed by atoms with Gasteiger partial charge in [-0.1, -0.05) is 0 Å². The van der Waals surface area contributed by atoms with E-state index < -0.39 is 0 Å². The van der Waals surface area contributed by atoms with Crippen LogP contribution in [0.4, 0.5) is 0 Å². The monoisotopic (exact) mass is 102 g/mol. The second-order valence-corrected chi connectivity index (χ2v) is 0.983. The van der Waals surface area contributed by atoms with Crippen molar-refractivity contribution in [1.29, 1.82) is 0 Å². The molecule has 0 bridgehead atoms. The molecule has 42 valence electrons. The van der Waals surface area contributed by atoms with Crippen LogP contribution in [0.2, 0.25) is 0 Å². The van der Waals surface area contributed by atoms with Gasteiger partial charge in [0.2, 0.25) is 0 Å². The average Bonchev–Trinajstić information content (AvgIpc) is 1.72. The number of nitrogens with one attached hydrogen (secondary N) is 1. The van der Waals surface area contributed by atoms with Crippen LogP contribution in [0.1, 0.15) is 0 Å². The number of rotatable bonds is 0. The lowest BCUT2D eigenvalue weighted by Crippen LogP contribution is -2.19. The summed E-state index contributed by atoms with van der Waals surface area (Å²) in [5.41, 5.74) is 0. The number of amidine groups is 1. The Morgan fingerprint density at radius 1 is 1.71 bits per heavy atom. The molecule has 0 radical (unpaired) electrons. The van der Waals surface area contributed by atoms with Crippen LogP contribution in [0, 0.1) is 0 Å². The van der Waals surface area contributed by atoms with Crippen LogP contribution >= 0.6 is 0 Å². The Kier molecular flexibility index (Phi) is 3.10. The molecule has 0 rings (SSSR count). The van der Waals surface area contributed by atoms with Gasteiger partial charge < -0.3 is 10.1 Å². The van der Waals surface area contributed by atoms with E-state index in [1.807, 2.05) is 0 Å². The fourth-order valence-corrected chi connectivity index (χ4v) is 0.305. The summed E-state index contributed by atoms with van der Waals surface area (Å²) in [6, 6.07) is 0.556. The molecule has 0 heterocycles. The maximum absolute atomic E-state index is 4.69. The van der Waals surface area contributed by atoms with E-state index in [2.05, 4.69) is 15.0 Å². The summed E-state index contributed by atoms with van der Waals surface area (Å²) >= 11 is 0. The molecular formula is C4H10N2O. The largest absolute Gasteiger partial charge is 0.469 e. The van der Waals surface area contributed by atoms with Gasteiger partial charge in [-0.2, -0.15) is 0 Å². The lowest BCUT2D eigenvalue weighted by Gasteiger charge is -1.98. The first kappa shape index (κ1) is 6.27. The molecule has 0 aromatic rings. The van der Waals surface area contributed by atoms with E-state index in [0.29, 0.717) is 6.02 Å². The summed E-state index contributed by atoms with van der Waals surface area (Å²) in [7, 11) is 4.99. The molecule has 7 heavy (non-hydrogen) atoms. The van der Waals surface area contributed by atoms with Crippen LogP contribution in [0.5, 0.6) is 0 Å². The van der Waals surface area contributed by atoms with Gasteiger partial charge in [0.05, 0.1) is 7.11 Å². The van der Waals surface area contributed by atoms with Crippen LogP contribution in [-0.2, 0) is 4.74 Å². The molecule has 0 aliphatic heterocycles. The lowest BCUT2D eigenvalue weighted by atomic mass is 11.0. The van der Waals surface area contributed by atoms with Gasteiger partial charge in [-0.3, -0.25) is 0 Å². The molecule has 0 fully saturated rings. The quantitative estimate of drug-likeness (QED) is 0.340. The summed E-state index contributed by atoms with van der Waals surface area (Å²) in [6.07, 6.45) is 0. The highest BCUT2D eigenvalue weighted by Crippen LogP contribution is 1.66. The van der Waals surface area contributed by atoms with Crippen molar-refractivity contribution in [3.8, 4) is 0 Å². The Balaban J connectivity index is 3.38. The number of nitrogens with zero attached hydrogens (tertiary/aromatic N) is 1. The van der Waals surface area contributed by atoms with Crippen LogP contribution < -0.4 is 5.32 Å². The van der Waals surface area contributed by atoms with Gasteiger partial charge >= 0.3 is 0 Å². The molecule has 3 nitrogen and oxygen atoms in total. The fraction of sp³-hybridized carbons (Fsp3) is 0.750. The summed E-state index contributed by atoms with van der Waals surface area (Å²) in [5.74, 6) is 0. The molecule has 3 heteroatoms. The zero-order valence-electron chi connectivity index (χ0n) is 4.86. The smallest absolute Gasteiger partial charge is 0.283 e. The Morgan fingerprint density at radius 2 is 2.29 bits per heavy atom. The van der Waals surface area contributed by atoms with Crippen molar-refractivity contribution in [2.45, 2.75) is 0 Å². The molecular weight excluding hydrogens is 92.1 g/mol. The van der Waals surface area contributed by atoms with Crippen molar-refractivity contribution in [3.05, 3.63) is 0 Å². The topological polar surface area (TPSA) is 33.6 Å². The van der Waals surface area contributed by atoms with Crippen LogP contribution in [0.15, 0.2) is 4.99 Å². The summed E-state index contributed by atoms with van der Waals surface area (Å²) < 4.78 is 4.69. The van der Waals surface area contributed by atoms with Crippen molar-refractivity contribution >= 4 is 6.02 Å². The van der Waals surface area contributed by atoms with Crippen LogP contribution in [-0.4, -0.2) is 27.2 Å². The third kappa shape index (κ3) is 2.03. The normalized spacial score (nSPS) is 11.0. The number of aliphatic imine (C=N–C) groups is 1. The molecule has 0 saturated heterocycles. The highest BCUT2D eigenvalue weighted by atomic mass is 16.5. The molecule has 0 atom stereocenters. The maximum atomic E-state index is 4.69. The minimum absolute atomic E-state index is 0.556. The lowest BCUT2D eigenvalue weighted by molar-refractivity contribution is 0.384. The van der Waals surface area contributed by atoms with Crippen molar-refractivity contribution in [2.75, 3.05) is 21.2 Å². The number of hydrogen-bond acceptors (Lipinski definition) is 2. The molecule has 0 saturated carbocycles. The van der Waals surface area contributed by atoms with E-state index in [1.165, 1.54) is 0 Å². The predicted molar refractivity (Wildman–Crippen MR) is 29.4 cm³/mol. The summed E-state index contributed by atoms with van der Waals surface area (Å²) in [5, 5.41) is 2.73. The highest BCUT2D eigenvalue weighted by Gasteiger charge is 1.82. The van der Waals surface area contributed by atoms with E-state index in [4.69, 9.17) is 0 Å². The SMILES string of the molecule is CN=C(NC)OC. The molecule has 0 aromatic carbocycles. The van der Waals surface area contributed by atoms with E-state index in [9.17, 15) is 0 Å². The second kappa shape index (κ2) is 3.46. The first-order valence-corrected chi connectivity index (χ1v) is 2.03. The molecule has 0 aliphatic rings. The third-order valence-electron chi connectivity index (χ3n) is 0.610. The van der Waals surface area contributed by atoms with E-state index in [1.54, 1.807) is 21.2 Å². The van der Waals surface area contributed by atoms with Gasteiger partial charge in [-0.25, -0.2) is 4.99 Å². The molecule has 0 spiro atoms. The zero-order chi connectivity index (χ0) is 5.70. The van der Waals surface area contributed by atoms with Gasteiger partial charge in [0, 0.05) is 14.1 Å². The van der Waals surface area contributed by atoms with Crippen LogP contribution in [0.3, 0.4) is 0 Å². The third-order valence-corrected chi connectivity index (χ3v) is 0.610. The van der Waals surface area contributed by atoms with E-state index in [0.717, 1.165) is 0 Å². The fourth-order valence-electron chi connectivity index (χ4n) is 0.305. The van der Waals surface area contributed by atoms with Crippen molar-refractivity contribution < 1.29 is 4.74 Å². The van der Waals surface area contributed by atoms with Gasteiger partial charge in [0.15, 0.2) is 0 Å². The minimum Gasteiger partial charge on any atom is -0.469 e. The van der Waals surface area contributed by atoms with Crippen molar-refractivity contribution in [3.63, 3.8) is 0 Å². The van der Waals surface area contributed by atoms with Gasteiger partial charge in [0.1, 0.15) is 0 Å². The molecule has 0 amide bonds. The Morgan fingerprint density at radius 3 is 2.29 bits per heavy atom. The molecule has 1 N–H and O–H groups in total. The molecule has 0 aliphatic carbocycles. The second-order valence-electron chi connectivity index (χ2n) is 0.983. The maximum Gasteiger partial charge on any atom is 0.283 e. The standard InChI is InChI=1S/C4H10N2O/c1-5-4(6-2)7-3/h1-3H3,(H,5,6). The Hall–Kier alpha value is -0.730. The first-order valence-electron chi connectivity index (χ1n) is 2.03. The Labute approximate surface area is 43.4 Å². The number of methoxy groups -OCH3 is 1. The molecule has 0 unspecified atom stereocenters. The first-order chi connectivity index (χ1) is 3.35. The Bertz CT molecular complexity index is 64.1. The predicted octanol–water partition coefficient (Wildman–Crippen LogP) is -0.162. The van der Waals surface area contributed by atoms with E-state index >= 15 is 0 Å². The summed E-state index contributed by atoms with van der Waals surface area (Å²) in [6.45, 7) is 0. The van der Waals surface area contributed by atoms with Gasteiger partial charge in [-0.05, 0) is 0 Å². The van der Waals surface area contributed by atoms with Gasteiger partial charge in [0.25, 0.3) is 6.02 Å². The number of hydrogen-bond donors (Lipinski definition) is 1.